The van der Waals surface area contributed by atoms with Crippen LogP contribution in [0.5, 0.6) is 5.75 Å². The lowest BCUT2D eigenvalue weighted by Crippen LogP contribution is -2.53. The number of hydrogen-bond acceptors (Lipinski definition) is 3. The molecule has 0 heterocycles. The van der Waals surface area contributed by atoms with Crippen molar-refractivity contribution in [1.29, 1.82) is 0 Å². The zero-order valence-electron chi connectivity index (χ0n) is 11.8. The first-order chi connectivity index (χ1) is 9.78. The van der Waals surface area contributed by atoms with Crippen molar-refractivity contribution in [1.82, 2.24) is 5.32 Å². The molecule has 0 bridgehead atoms. The first-order valence-corrected chi connectivity index (χ1v) is 7.16. The van der Waals surface area contributed by atoms with Gasteiger partial charge in [0.2, 0.25) is 0 Å². The molecule has 7 heteroatoms. The Morgan fingerprint density at radius 2 is 2.00 bits per heavy atom. The number of benzene rings is 1. The van der Waals surface area contributed by atoms with Crippen LogP contribution in [0.15, 0.2) is 18.2 Å². The van der Waals surface area contributed by atoms with E-state index in [1.54, 1.807) is 12.1 Å². The van der Waals surface area contributed by atoms with Crippen molar-refractivity contribution >= 4 is 35.1 Å². The van der Waals surface area contributed by atoms with E-state index in [-0.39, 0.29) is 6.61 Å². The molecule has 0 saturated heterocycles. The molecule has 0 spiro atoms. The molecule has 1 unspecified atom stereocenters. The van der Waals surface area contributed by atoms with Crippen LogP contribution in [0.25, 0.3) is 0 Å². The second-order valence-electron chi connectivity index (χ2n) is 4.80. The van der Waals surface area contributed by atoms with E-state index < -0.39 is 17.4 Å². The van der Waals surface area contributed by atoms with Gasteiger partial charge in [0, 0.05) is 6.07 Å². The first kappa shape index (κ1) is 17.6. The van der Waals surface area contributed by atoms with E-state index in [1.165, 1.54) is 13.0 Å². The van der Waals surface area contributed by atoms with E-state index in [4.69, 9.17) is 27.9 Å². The smallest absolute Gasteiger partial charge is 0.329 e. The molecule has 0 aromatic heterocycles. The summed E-state index contributed by atoms with van der Waals surface area (Å²) in [6.07, 6.45) is 0.970. The molecule has 1 amide bonds. The van der Waals surface area contributed by atoms with Crippen molar-refractivity contribution in [2.24, 2.45) is 0 Å². The van der Waals surface area contributed by atoms with Crippen LogP contribution < -0.4 is 10.1 Å². The number of carbonyl (C=O) groups is 2. The first-order valence-electron chi connectivity index (χ1n) is 6.40. The SMILES string of the molecule is CCCC(C)(NC(=O)COc1ccc(Cl)c(Cl)c1)C(=O)O. The number of carboxylic acids is 1. The number of rotatable bonds is 7. The molecule has 1 aromatic rings. The molecule has 0 aliphatic rings. The predicted molar refractivity (Wildman–Crippen MR) is 81.0 cm³/mol. The fourth-order valence-corrected chi connectivity index (χ4v) is 2.07. The fraction of sp³-hybridized carbons (Fsp3) is 0.429. The van der Waals surface area contributed by atoms with Crippen LogP contribution >= 0.6 is 23.2 Å². The lowest BCUT2D eigenvalue weighted by molar-refractivity contribution is -0.147. The predicted octanol–water partition coefficient (Wildman–Crippen LogP) is 3.13. The minimum atomic E-state index is -1.30. The highest BCUT2D eigenvalue weighted by molar-refractivity contribution is 6.42. The third-order valence-electron chi connectivity index (χ3n) is 2.90. The van der Waals surface area contributed by atoms with E-state index in [2.05, 4.69) is 5.32 Å². The number of ether oxygens (including phenoxy) is 1. The number of nitrogens with one attached hydrogen (secondary N) is 1. The van der Waals surface area contributed by atoms with Gasteiger partial charge in [0.1, 0.15) is 11.3 Å². The minimum absolute atomic E-state index is 0.301. The van der Waals surface area contributed by atoms with Crippen LogP contribution in [-0.2, 0) is 9.59 Å². The summed E-state index contributed by atoms with van der Waals surface area (Å²) >= 11 is 11.6. The van der Waals surface area contributed by atoms with Crippen LogP contribution in [0.4, 0.5) is 0 Å². The number of carboxylic acid groups (broad SMARTS) is 1. The van der Waals surface area contributed by atoms with E-state index in [0.717, 1.165) is 0 Å². The van der Waals surface area contributed by atoms with E-state index in [9.17, 15) is 14.7 Å². The number of carbonyl (C=O) groups excluding carboxylic acids is 1. The third-order valence-corrected chi connectivity index (χ3v) is 3.64. The molecule has 0 saturated carbocycles. The van der Waals surface area contributed by atoms with Gasteiger partial charge in [0.15, 0.2) is 6.61 Å². The molecule has 21 heavy (non-hydrogen) atoms. The number of aliphatic carboxylic acids is 1. The van der Waals surface area contributed by atoms with Crippen molar-refractivity contribution in [3.8, 4) is 5.75 Å². The van der Waals surface area contributed by atoms with Gasteiger partial charge in [-0.15, -0.1) is 0 Å². The van der Waals surface area contributed by atoms with Crippen LogP contribution in [0, 0.1) is 0 Å². The number of halogens is 2. The highest BCUT2D eigenvalue weighted by atomic mass is 35.5. The molecule has 1 atom stereocenters. The van der Waals surface area contributed by atoms with Crippen molar-refractivity contribution in [2.75, 3.05) is 6.61 Å². The molecule has 5 nitrogen and oxygen atoms in total. The van der Waals surface area contributed by atoms with Gasteiger partial charge >= 0.3 is 5.97 Å². The van der Waals surface area contributed by atoms with Gasteiger partial charge < -0.3 is 15.2 Å². The quantitative estimate of drug-likeness (QED) is 0.803. The molecule has 0 fully saturated rings. The normalized spacial score (nSPS) is 13.3. The Kier molecular flexibility index (Phi) is 6.30. The van der Waals surface area contributed by atoms with Crippen molar-refractivity contribution < 1.29 is 19.4 Å². The van der Waals surface area contributed by atoms with Crippen molar-refractivity contribution in [3.05, 3.63) is 28.2 Å². The molecular weight excluding hydrogens is 317 g/mol. The maximum atomic E-state index is 11.8. The summed E-state index contributed by atoms with van der Waals surface area (Å²) in [5.41, 5.74) is -1.30. The second kappa shape index (κ2) is 7.52. The topological polar surface area (TPSA) is 75.6 Å². The summed E-state index contributed by atoms with van der Waals surface area (Å²) in [5.74, 6) is -1.21. The number of hydrogen-bond donors (Lipinski definition) is 2. The Morgan fingerprint density at radius 3 is 2.52 bits per heavy atom. The molecule has 1 rings (SSSR count). The Hall–Kier alpha value is -1.46. The van der Waals surface area contributed by atoms with Gasteiger partial charge in [0.25, 0.3) is 5.91 Å². The Balaban J connectivity index is 2.60. The summed E-state index contributed by atoms with van der Waals surface area (Å²) in [6.45, 7) is 3.01. The summed E-state index contributed by atoms with van der Waals surface area (Å²) in [7, 11) is 0. The highest BCUT2D eigenvalue weighted by Gasteiger charge is 2.33. The van der Waals surface area contributed by atoms with Gasteiger partial charge in [-0.05, 0) is 25.5 Å². The Bertz CT molecular complexity index is 536. The zero-order valence-corrected chi connectivity index (χ0v) is 13.3. The van der Waals surface area contributed by atoms with Crippen LogP contribution in [0.2, 0.25) is 10.0 Å². The lowest BCUT2D eigenvalue weighted by atomic mass is 9.96. The summed E-state index contributed by atoms with van der Waals surface area (Å²) in [6, 6.07) is 4.61. The molecular formula is C14H17Cl2NO4. The standard InChI is InChI=1S/C14H17Cl2NO4/c1-3-6-14(2,13(19)20)17-12(18)8-21-9-4-5-10(15)11(16)7-9/h4-5,7H,3,6,8H2,1-2H3,(H,17,18)(H,19,20). The van der Waals surface area contributed by atoms with E-state index in [0.29, 0.717) is 28.6 Å². The van der Waals surface area contributed by atoms with Gasteiger partial charge in [-0.25, -0.2) is 4.79 Å². The van der Waals surface area contributed by atoms with Crippen LogP contribution in [0.1, 0.15) is 26.7 Å². The summed E-state index contributed by atoms with van der Waals surface area (Å²) < 4.78 is 5.26. The monoisotopic (exact) mass is 333 g/mol. The van der Waals surface area contributed by atoms with Gasteiger partial charge in [-0.1, -0.05) is 36.5 Å². The Labute approximate surface area is 133 Å². The summed E-state index contributed by atoms with van der Waals surface area (Å²) in [5, 5.41) is 12.3. The minimum Gasteiger partial charge on any atom is -0.484 e. The summed E-state index contributed by atoms with van der Waals surface area (Å²) in [4.78, 5) is 23.0. The molecule has 1 aromatic carbocycles. The molecule has 2 N–H and O–H groups in total. The highest BCUT2D eigenvalue weighted by Crippen LogP contribution is 2.26. The zero-order chi connectivity index (χ0) is 16.0. The third kappa shape index (κ3) is 5.10. The molecule has 116 valence electrons. The Morgan fingerprint density at radius 1 is 1.33 bits per heavy atom. The maximum Gasteiger partial charge on any atom is 0.329 e. The maximum absolute atomic E-state index is 11.8. The van der Waals surface area contributed by atoms with Crippen LogP contribution in [-0.4, -0.2) is 29.1 Å². The second-order valence-corrected chi connectivity index (χ2v) is 5.61. The molecule has 0 radical (unpaired) electrons. The van der Waals surface area contributed by atoms with E-state index >= 15 is 0 Å². The molecule has 0 aliphatic carbocycles. The largest absolute Gasteiger partial charge is 0.484 e. The van der Waals surface area contributed by atoms with Gasteiger partial charge in [-0.2, -0.15) is 0 Å². The van der Waals surface area contributed by atoms with Gasteiger partial charge in [0.05, 0.1) is 10.0 Å². The van der Waals surface area contributed by atoms with Crippen molar-refractivity contribution in [3.63, 3.8) is 0 Å². The number of amides is 1. The lowest BCUT2D eigenvalue weighted by Gasteiger charge is -2.25. The van der Waals surface area contributed by atoms with E-state index in [1.807, 2.05) is 6.92 Å². The van der Waals surface area contributed by atoms with Crippen molar-refractivity contribution in [2.45, 2.75) is 32.2 Å². The average Bonchev–Trinajstić information content (AvgIpc) is 2.40. The van der Waals surface area contributed by atoms with Gasteiger partial charge in [-0.3, -0.25) is 4.79 Å². The fourth-order valence-electron chi connectivity index (χ4n) is 1.78. The molecule has 0 aliphatic heterocycles. The average molecular weight is 334 g/mol. The van der Waals surface area contributed by atoms with Crippen LogP contribution in [0.3, 0.4) is 0 Å².